The van der Waals surface area contributed by atoms with Crippen LogP contribution < -0.4 is 0 Å². The monoisotopic (exact) mass is 306 g/mol. The molecule has 20 heavy (non-hydrogen) atoms. The first kappa shape index (κ1) is 13.7. The second kappa shape index (κ2) is 6.02. The number of imidazole rings is 1. The van der Waals surface area contributed by atoms with E-state index < -0.39 is 0 Å². The molecule has 1 aliphatic carbocycles. The molecule has 0 spiro atoms. The van der Waals surface area contributed by atoms with Crippen molar-refractivity contribution in [2.24, 2.45) is 0 Å². The molecule has 0 N–H and O–H groups in total. The van der Waals surface area contributed by atoms with Gasteiger partial charge in [0.1, 0.15) is 5.78 Å². The first-order chi connectivity index (χ1) is 9.74. The van der Waals surface area contributed by atoms with Crippen LogP contribution in [0.5, 0.6) is 0 Å². The lowest BCUT2D eigenvalue weighted by molar-refractivity contribution is -0.119. The fourth-order valence-corrected chi connectivity index (χ4v) is 3.69. The van der Waals surface area contributed by atoms with Gasteiger partial charge in [-0.05, 0) is 37.1 Å². The van der Waals surface area contributed by atoms with E-state index in [9.17, 15) is 4.79 Å². The molecule has 1 atom stereocenters. The Balaban J connectivity index is 1.83. The molecule has 3 nitrogen and oxygen atoms in total. The van der Waals surface area contributed by atoms with E-state index in [0.717, 1.165) is 30.1 Å². The average molecular weight is 307 g/mol. The first-order valence-electron chi connectivity index (χ1n) is 6.73. The number of aromatic nitrogens is 2. The molecular weight excluding hydrogens is 292 g/mol. The van der Waals surface area contributed by atoms with E-state index in [2.05, 4.69) is 4.98 Å². The van der Waals surface area contributed by atoms with Crippen LogP contribution in [0.4, 0.5) is 0 Å². The second-order valence-corrected chi connectivity index (χ2v) is 6.48. The number of Topliss-reactive ketones (excluding diaryl/α,β-unsaturated/α-hetero) is 1. The van der Waals surface area contributed by atoms with Gasteiger partial charge >= 0.3 is 0 Å². The molecule has 0 aliphatic heterocycles. The van der Waals surface area contributed by atoms with Gasteiger partial charge in [0.25, 0.3) is 0 Å². The van der Waals surface area contributed by atoms with E-state index in [-0.39, 0.29) is 5.25 Å². The lowest BCUT2D eigenvalue weighted by Crippen LogP contribution is -2.21. The molecule has 1 aliphatic rings. The predicted octanol–water partition coefficient (Wildman–Crippen LogP) is 4.13. The average Bonchev–Trinajstić information content (AvgIpc) is 2.90. The zero-order chi connectivity index (χ0) is 13.9. The van der Waals surface area contributed by atoms with Crippen molar-refractivity contribution in [1.29, 1.82) is 0 Å². The number of halogens is 1. The lowest BCUT2D eigenvalue weighted by atomic mass is 9.99. The highest BCUT2D eigenvalue weighted by atomic mass is 35.5. The molecule has 2 aromatic rings. The quantitative estimate of drug-likeness (QED) is 0.855. The maximum Gasteiger partial charge on any atom is 0.173 e. The maximum absolute atomic E-state index is 11.9. The van der Waals surface area contributed by atoms with E-state index >= 15 is 0 Å². The van der Waals surface area contributed by atoms with E-state index in [0.29, 0.717) is 17.2 Å². The first-order valence-corrected chi connectivity index (χ1v) is 7.98. The van der Waals surface area contributed by atoms with Gasteiger partial charge in [-0.25, -0.2) is 4.98 Å². The summed E-state index contributed by atoms with van der Waals surface area (Å²) in [7, 11) is 0. The lowest BCUT2D eigenvalue weighted by Gasteiger charge is -2.19. The number of hydrogen-bond acceptors (Lipinski definition) is 3. The largest absolute Gasteiger partial charge is 0.298 e. The second-order valence-electron chi connectivity index (χ2n) is 4.87. The molecule has 0 bridgehead atoms. The maximum atomic E-state index is 11.9. The van der Waals surface area contributed by atoms with Gasteiger partial charge in [-0.15, -0.1) is 0 Å². The van der Waals surface area contributed by atoms with Crippen LogP contribution in [0.2, 0.25) is 5.02 Å². The van der Waals surface area contributed by atoms with Crippen LogP contribution in [0.25, 0.3) is 5.69 Å². The van der Waals surface area contributed by atoms with Gasteiger partial charge in [0.2, 0.25) is 0 Å². The van der Waals surface area contributed by atoms with Gasteiger partial charge in [0.05, 0.1) is 5.25 Å². The van der Waals surface area contributed by atoms with Crippen LogP contribution >= 0.6 is 23.4 Å². The third-order valence-electron chi connectivity index (χ3n) is 3.46. The fourth-order valence-electron chi connectivity index (χ4n) is 2.38. The van der Waals surface area contributed by atoms with E-state index in [1.54, 1.807) is 18.0 Å². The minimum Gasteiger partial charge on any atom is -0.298 e. The van der Waals surface area contributed by atoms with E-state index in [4.69, 9.17) is 11.6 Å². The number of nitrogens with zero attached hydrogens (tertiary/aromatic N) is 2. The summed E-state index contributed by atoms with van der Waals surface area (Å²) in [4.78, 5) is 16.3. The van der Waals surface area contributed by atoms with Crippen molar-refractivity contribution in [1.82, 2.24) is 9.55 Å². The summed E-state index contributed by atoms with van der Waals surface area (Å²) in [5, 5.41) is 1.63. The topological polar surface area (TPSA) is 34.9 Å². The zero-order valence-electron chi connectivity index (χ0n) is 11.0. The Kier molecular flexibility index (Phi) is 4.13. The molecule has 3 rings (SSSR count). The Morgan fingerprint density at radius 2 is 2.05 bits per heavy atom. The van der Waals surface area contributed by atoms with Crippen LogP contribution in [0.1, 0.15) is 25.7 Å². The molecular formula is C15H15ClN2OS. The van der Waals surface area contributed by atoms with Crippen molar-refractivity contribution in [3.63, 3.8) is 0 Å². The van der Waals surface area contributed by atoms with Crippen LogP contribution in [0.15, 0.2) is 41.8 Å². The van der Waals surface area contributed by atoms with Gasteiger partial charge in [-0.1, -0.05) is 29.8 Å². The van der Waals surface area contributed by atoms with Crippen LogP contribution in [-0.4, -0.2) is 20.6 Å². The number of carbonyl (C=O) groups excluding carboxylic acids is 1. The van der Waals surface area contributed by atoms with Gasteiger partial charge in [-0.3, -0.25) is 9.36 Å². The Morgan fingerprint density at radius 1 is 1.25 bits per heavy atom. The molecule has 0 radical (unpaired) electrons. The number of rotatable bonds is 3. The highest BCUT2D eigenvalue weighted by Crippen LogP contribution is 2.32. The number of ketones is 1. The van der Waals surface area contributed by atoms with Crippen LogP contribution in [-0.2, 0) is 4.79 Å². The zero-order valence-corrected chi connectivity index (χ0v) is 12.5. The van der Waals surface area contributed by atoms with Crippen molar-refractivity contribution in [2.75, 3.05) is 0 Å². The summed E-state index contributed by atoms with van der Waals surface area (Å²) in [6.45, 7) is 0. The number of thioether (sulfide) groups is 1. The van der Waals surface area contributed by atoms with Crippen LogP contribution in [0, 0.1) is 0 Å². The molecule has 0 amide bonds. The molecule has 104 valence electrons. The number of hydrogen-bond donors (Lipinski definition) is 0. The molecule has 5 heteroatoms. The van der Waals surface area contributed by atoms with Crippen molar-refractivity contribution in [3.8, 4) is 5.69 Å². The fraction of sp³-hybridized carbons (Fsp3) is 0.333. The van der Waals surface area contributed by atoms with E-state index in [1.165, 1.54) is 0 Å². The smallest absolute Gasteiger partial charge is 0.173 e. The molecule has 1 heterocycles. The predicted molar refractivity (Wildman–Crippen MR) is 81.7 cm³/mol. The summed E-state index contributed by atoms with van der Waals surface area (Å²) in [5.41, 5.74) is 1.01. The Labute approximate surface area is 127 Å². The van der Waals surface area contributed by atoms with E-state index in [1.807, 2.05) is 35.0 Å². The summed E-state index contributed by atoms with van der Waals surface area (Å²) < 4.78 is 2.00. The normalized spacial score (nSPS) is 19.2. The molecule has 1 aromatic heterocycles. The number of benzene rings is 1. The summed E-state index contributed by atoms with van der Waals surface area (Å²) in [6, 6.07) is 7.63. The minimum atomic E-state index is 0.0530. The third-order valence-corrected chi connectivity index (χ3v) is 5.01. The Morgan fingerprint density at radius 3 is 2.80 bits per heavy atom. The molecule has 1 saturated carbocycles. The third kappa shape index (κ3) is 2.91. The number of carbonyl (C=O) groups is 1. The molecule has 0 saturated heterocycles. The minimum absolute atomic E-state index is 0.0530. The molecule has 0 unspecified atom stereocenters. The molecule has 1 fully saturated rings. The highest BCUT2D eigenvalue weighted by Gasteiger charge is 2.24. The Bertz CT molecular complexity index is 609. The van der Waals surface area contributed by atoms with Crippen molar-refractivity contribution in [3.05, 3.63) is 41.7 Å². The van der Waals surface area contributed by atoms with Crippen molar-refractivity contribution in [2.45, 2.75) is 36.1 Å². The SMILES string of the molecule is O=C1CCCC[C@@H]1Sc1nccn1-c1ccc(Cl)cc1. The summed E-state index contributed by atoms with van der Waals surface area (Å²) in [5.74, 6) is 0.354. The summed E-state index contributed by atoms with van der Waals surface area (Å²) >= 11 is 7.49. The van der Waals surface area contributed by atoms with Crippen molar-refractivity contribution >= 4 is 29.1 Å². The van der Waals surface area contributed by atoms with Gasteiger partial charge in [0, 0.05) is 29.5 Å². The standard InChI is InChI=1S/C15H15ClN2OS/c16-11-5-7-12(8-6-11)18-10-9-17-15(18)20-14-4-2-1-3-13(14)19/h5-10,14H,1-4H2/t14-/m0/s1. The Hall–Kier alpha value is -1.26. The molecule has 1 aromatic carbocycles. The van der Waals surface area contributed by atoms with Gasteiger partial charge < -0.3 is 0 Å². The van der Waals surface area contributed by atoms with Gasteiger partial charge in [0.15, 0.2) is 5.16 Å². The van der Waals surface area contributed by atoms with Gasteiger partial charge in [-0.2, -0.15) is 0 Å². The van der Waals surface area contributed by atoms with Crippen LogP contribution in [0.3, 0.4) is 0 Å². The summed E-state index contributed by atoms with van der Waals surface area (Å²) in [6.07, 6.45) is 7.51. The van der Waals surface area contributed by atoms with Crippen molar-refractivity contribution < 1.29 is 4.79 Å². The highest BCUT2D eigenvalue weighted by molar-refractivity contribution is 8.00.